The van der Waals surface area contributed by atoms with Gasteiger partial charge in [0.2, 0.25) is 0 Å². The van der Waals surface area contributed by atoms with E-state index in [1.165, 1.54) is 37.5 Å². The molecule has 0 radical (unpaired) electrons. The number of rotatable bonds is 8. The van der Waals surface area contributed by atoms with Crippen molar-refractivity contribution in [2.75, 3.05) is 25.6 Å². The van der Waals surface area contributed by atoms with Crippen molar-refractivity contribution >= 4 is 45.5 Å². The lowest BCUT2D eigenvalue weighted by molar-refractivity contribution is -0.145. The van der Waals surface area contributed by atoms with Crippen molar-refractivity contribution in [1.29, 1.82) is 5.26 Å². The van der Waals surface area contributed by atoms with Crippen molar-refractivity contribution in [3.63, 3.8) is 0 Å². The van der Waals surface area contributed by atoms with Gasteiger partial charge in [-0.1, -0.05) is 15.9 Å². The maximum absolute atomic E-state index is 12.6. The van der Waals surface area contributed by atoms with E-state index in [-0.39, 0.29) is 18.8 Å². The molecule has 9 heteroatoms. The minimum atomic E-state index is -0.648. The number of halogens is 1. The molecule has 0 saturated carbocycles. The molecule has 0 saturated heterocycles. The van der Waals surface area contributed by atoms with Crippen LogP contribution in [0, 0.1) is 11.3 Å². The SMILES string of the molecule is CCOC(=O)COc1ccc(Br)cc1/C=C(\C#N)C(=O)Nc1ccc(C(=O)OC)cc1. The molecule has 0 unspecified atom stereocenters. The average Bonchev–Trinajstić information content (AvgIpc) is 2.76. The number of hydrogen-bond acceptors (Lipinski definition) is 7. The standard InChI is InChI=1S/C22H19BrN2O6/c1-3-30-20(26)13-31-19-9-6-17(23)11-15(19)10-16(12-24)21(27)25-18-7-4-14(5-8-18)22(28)29-2/h4-11H,3,13H2,1-2H3,(H,25,27)/b16-10+. The predicted octanol–water partition coefficient (Wildman–Crippen LogP) is 3.72. The molecule has 0 aliphatic rings. The highest BCUT2D eigenvalue weighted by Crippen LogP contribution is 2.26. The number of benzene rings is 2. The second-order valence-electron chi connectivity index (χ2n) is 5.97. The van der Waals surface area contributed by atoms with Crippen LogP contribution < -0.4 is 10.1 Å². The van der Waals surface area contributed by atoms with Crippen LogP contribution in [0.5, 0.6) is 5.75 Å². The third-order valence-electron chi connectivity index (χ3n) is 3.85. The fourth-order valence-electron chi connectivity index (χ4n) is 2.41. The quantitative estimate of drug-likeness (QED) is 0.343. The lowest BCUT2D eigenvalue weighted by atomic mass is 10.1. The van der Waals surface area contributed by atoms with E-state index >= 15 is 0 Å². The molecule has 0 aliphatic carbocycles. The molecule has 31 heavy (non-hydrogen) atoms. The minimum absolute atomic E-state index is 0.184. The molecule has 0 heterocycles. The molecular formula is C22H19BrN2O6. The number of nitriles is 1. The Bertz CT molecular complexity index is 1040. The van der Waals surface area contributed by atoms with Gasteiger partial charge in [0, 0.05) is 15.7 Å². The third-order valence-corrected chi connectivity index (χ3v) is 4.34. The molecule has 0 atom stereocenters. The predicted molar refractivity (Wildman–Crippen MR) is 116 cm³/mol. The van der Waals surface area contributed by atoms with Gasteiger partial charge in [-0.25, -0.2) is 9.59 Å². The van der Waals surface area contributed by atoms with Crippen LogP contribution in [0.4, 0.5) is 5.69 Å². The van der Waals surface area contributed by atoms with E-state index in [2.05, 4.69) is 26.0 Å². The summed E-state index contributed by atoms with van der Waals surface area (Å²) in [5, 5.41) is 12.1. The van der Waals surface area contributed by atoms with Gasteiger partial charge in [0.15, 0.2) is 6.61 Å². The molecule has 0 fully saturated rings. The van der Waals surface area contributed by atoms with E-state index in [0.717, 1.165) is 0 Å². The highest BCUT2D eigenvalue weighted by Gasteiger charge is 2.13. The van der Waals surface area contributed by atoms with Crippen LogP contribution >= 0.6 is 15.9 Å². The summed E-state index contributed by atoms with van der Waals surface area (Å²) in [5.74, 6) is -1.38. The minimum Gasteiger partial charge on any atom is -0.481 e. The lowest BCUT2D eigenvalue weighted by Gasteiger charge is -2.10. The summed E-state index contributed by atoms with van der Waals surface area (Å²) < 4.78 is 15.6. The Kier molecular flexibility index (Phi) is 8.78. The maximum atomic E-state index is 12.6. The van der Waals surface area contributed by atoms with E-state index in [0.29, 0.717) is 27.0 Å². The topological polar surface area (TPSA) is 115 Å². The Morgan fingerprint density at radius 3 is 2.48 bits per heavy atom. The van der Waals surface area contributed by atoms with Gasteiger partial charge in [0.1, 0.15) is 17.4 Å². The smallest absolute Gasteiger partial charge is 0.344 e. The van der Waals surface area contributed by atoms with Gasteiger partial charge in [0.05, 0.1) is 19.3 Å². The number of anilines is 1. The average molecular weight is 487 g/mol. The van der Waals surface area contributed by atoms with Gasteiger partial charge in [0.25, 0.3) is 5.91 Å². The zero-order chi connectivity index (χ0) is 22.8. The number of ether oxygens (including phenoxy) is 3. The largest absolute Gasteiger partial charge is 0.481 e. The number of nitrogens with one attached hydrogen (secondary N) is 1. The van der Waals surface area contributed by atoms with Crippen LogP contribution in [0.3, 0.4) is 0 Å². The second kappa shape index (κ2) is 11.5. The first-order valence-electron chi connectivity index (χ1n) is 9.07. The van der Waals surface area contributed by atoms with Gasteiger partial charge >= 0.3 is 11.9 Å². The van der Waals surface area contributed by atoms with Crippen molar-refractivity contribution in [2.45, 2.75) is 6.92 Å². The van der Waals surface area contributed by atoms with E-state index < -0.39 is 17.8 Å². The second-order valence-corrected chi connectivity index (χ2v) is 6.88. The van der Waals surface area contributed by atoms with E-state index in [1.54, 1.807) is 25.1 Å². The number of carbonyl (C=O) groups excluding carboxylic acids is 3. The van der Waals surface area contributed by atoms with Crippen LogP contribution in [0.25, 0.3) is 6.08 Å². The first-order chi connectivity index (χ1) is 14.9. The van der Waals surface area contributed by atoms with Crippen LogP contribution in [0.1, 0.15) is 22.8 Å². The summed E-state index contributed by atoms with van der Waals surface area (Å²) in [4.78, 5) is 35.6. The Balaban J connectivity index is 2.21. The van der Waals surface area contributed by atoms with Crippen molar-refractivity contribution in [2.24, 2.45) is 0 Å². The summed E-state index contributed by atoms with van der Waals surface area (Å²) >= 11 is 3.33. The summed E-state index contributed by atoms with van der Waals surface area (Å²) in [6, 6.07) is 12.8. The molecule has 0 aliphatic heterocycles. The Labute approximate surface area is 187 Å². The summed E-state index contributed by atoms with van der Waals surface area (Å²) in [7, 11) is 1.27. The third kappa shape index (κ3) is 6.97. The number of hydrogen-bond donors (Lipinski definition) is 1. The monoisotopic (exact) mass is 486 g/mol. The van der Waals surface area contributed by atoms with E-state index in [1.807, 2.05) is 6.07 Å². The molecule has 0 spiro atoms. The summed E-state index contributed by atoms with van der Waals surface area (Å²) in [6.45, 7) is 1.61. The van der Waals surface area contributed by atoms with Gasteiger partial charge in [-0.05, 0) is 55.5 Å². The van der Waals surface area contributed by atoms with Crippen molar-refractivity contribution in [1.82, 2.24) is 0 Å². The van der Waals surface area contributed by atoms with Crippen LogP contribution in [0.2, 0.25) is 0 Å². The molecule has 0 bridgehead atoms. The highest BCUT2D eigenvalue weighted by molar-refractivity contribution is 9.10. The Morgan fingerprint density at radius 2 is 1.87 bits per heavy atom. The molecule has 2 aromatic rings. The number of carbonyl (C=O) groups is 3. The van der Waals surface area contributed by atoms with Crippen molar-refractivity contribution in [3.05, 3.63) is 63.6 Å². The van der Waals surface area contributed by atoms with Crippen molar-refractivity contribution < 1.29 is 28.6 Å². The lowest BCUT2D eigenvalue weighted by Crippen LogP contribution is -2.15. The van der Waals surface area contributed by atoms with E-state index in [4.69, 9.17) is 9.47 Å². The normalized spacial score (nSPS) is 10.6. The molecular weight excluding hydrogens is 468 g/mol. The molecule has 0 aromatic heterocycles. The fourth-order valence-corrected chi connectivity index (χ4v) is 2.79. The zero-order valence-corrected chi connectivity index (χ0v) is 18.4. The Hall–Kier alpha value is -3.64. The van der Waals surface area contributed by atoms with Crippen LogP contribution in [-0.2, 0) is 19.1 Å². The van der Waals surface area contributed by atoms with Crippen LogP contribution in [-0.4, -0.2) is 38.2 Å². The Morgan fingerprint density at radius 1 is 1.16 bits per heavy atom. The number of amides is 1. The zero-order valence-electron chi connectivity index (χ0n) is 16.8. The van der Waals surface area contributed by atoms with Gasteiger partial charge in [-0.3, -0.25) is 4.79 Å². The van der Waals surface area contributed by atoms with Gasteiger partial charge < -0.3 is 19.5 Å². The summed E-state index contributed by atoms with van der Waals surface area (Å²) in [6.07, 6.45) is 1.35. The molecule has 2 rings (SSSR count). The first kappa shape index (κ1) is 23.6. The number of methoxy groups -OCH3 is 1. The molecule has 1 N–H and O–H groups in total. The first-order valence-corrected chi connectivity index (χ1v) is 9.86. The number of esters is 2. The van der Waals surface area contributed by atoms with Gasteiger partial charge in [-0.15, -0.1) is 0 Å². The fraction of sp³-hybridized carbons (Fsp3) is 0.182. The molecule has 2 aromatic carbocycles. The molecule has 1 amide bonds. The highest BCUT2D eigenvalue weighted by atomic mass is 79.9. The molecule has 160 valence electrons. The van der Waals surface area contributed by atoms with Gasteiger partial charge in [-0.2, -0.15) is 5.26 Å². The van der Waals surface area contributed by atoms with Crippen LogP contribution in [0.15, 0.2) is 52.5 Å². The van der Waals surface area contributed by atoms with Crippen molar-refractivity contribution in [3.8, 4) is 11.8 Å². The maximum Gasteiger partial charge on any atom is 0.344 e. The summed E-state index contributed by atoms with van der Waals surface area (Å²) in [5.41, 5.74) is 0.962. The molecule has 8 nitrogen and oxygen atoms in total. The van der Waals surface area contributed by atoms with E-state index in [9.17, 15) is 19.6 Å². The number of nitrogens with zero attached hydrogens (tertiary/aromatic N) is 1.